The molecule has 3 aromatic carbocycles. The molecular weight excluding hydrogens is 524 g/mol. The molecule has 1 fully saturated rings. The van der Waals surface area contributed by atoms with Gasteiger partial charge in [-0.2, -0.15) is 0 Å². The third kappa shape index (κ3) is 6.16. The van der Waals surface area contributed by atoms with Crippen LogP contribution in [-0.4, -0.2) is 55.1 Å². The van der Waals surface area contributed by atoms with E-state index in [2.05, 4.69) is 20.7 Å². The third-order valence-corrected chi connectivity index (χ3v) is 7.42. The van der Waals surface area contributed by atoms with Crippen molar-refractivity contribution < 1.29 is 28.7 Å². The molecule has 1 spiro atoms. The van der Waals surface area contributed by atoms with Crippen molar-refractivity contribution in [2.75, 3.05) is 30.8 Å². The van der Waals surface area contributed by atoms with Crippen molar-refractivity contribution in [3.8, 4) is 0 Å². The van der Waals surface area contributed by atoms with E-state index in [0.29, 0.717) is 36.3 Å². The minimum absolute atomic E-state index is 0.185. The number of benzene rings is 3. The van der Waals surface area contributed by atoms with Crippen LogP contribution in [0.4, 0.5) is 21.0 Å². The summed E-state index contributed by atoms with van der Waals surface area (Å²) >= 11 is 0. The SMILES string of the molecule is COC(=O)Nc1ccc(C(=O)N[C@@H](Cc2ccccc2)C(=O)N2CCC[C@@]3(C2)OC(=O)Nc2ccc(C)cc23)cc1. The van der Waals surface area contributed by atoms with E-state index in [4.69, 9.17) is 4.74 Å². The van der Waals surface area contributed by atoms with Crippen LogP contribution in [0.1, 0.15) is 39.9 Å². The van der Waals surface area contributed by atoms with Crippen LogP contribution in [0.2, 0.25) is 0 Å². The molecule has 212 valence electrons. The Hall–Kier alpha value is -4.86. The smallest absolute Gasteiger partial charge is 0.412 e. The van der Waals surface area contributed by atoms with Crippen molar-refractivity contribution in [2.24, 2.45) is 0 Å². The van der Waals surface area contributed by atoms with Gasteiger partial charge in [0.1, 0.15) is 6.04 Å². The fourth-order valence-corrected chi connectivity index (χ4v) is 5.41. The average Bonchev–Trinajstić information content (AvgIpc) is 2.97. The summed E-state index contributed by atoms with van der Waals surface area (Å²) in [5.41, 5.74) is 3.27. The summed E-state index contributed by atoms with van der Waals surface area (Å²) in [4.78, 5) is 53.0. The van der Waals surface area contributed by atoms with E-state index in [1.165, 1.54) is 7.11 Å². The monoisotopic (exact) mass is 556 g/mol. The van der Waals surface area contributed by atoms with Gasteiger partial charge in [0.05, 0.1) is 19.3 Å². The van der Waals surface area contributed by atoms with E-state index in [1.807, 2.05) is 55.5 Å². The number of amides is 4. The number of nitrogens with zero attached hydrogens (tertiary/aromatic N) is 1. The highest BCUT2D eigenvalue weighted by atomic mass is 16.6. The van der Waals surface area contributed by atoms with Crippen LogP contribution in [0, 0.1) is 6.92 Å². The second-order valence-corrected chi connectivity index (χ2v) is 10.3. The van der Waals surface area contributed by atoms with Crippen molar-refractivity contribution >= 4 is 35.4 Å². The highest BCUT2D eigenvalue weighted by molar-refractivity contribution is 5.98. The van der Waals surface area contributed by atoms with Gasteiger partial charge in [0, 0.05) is 29.8 Å². The molecule has 3 N–H and O–H groups in total. The molecule has 0 bridgehead atoms. The number of methoxy groups -OCH3 is 1. The van der Waals surface area contributed by atoms with Crippen molar-refractivity contribution in [1.82, 2.24) is 10.2 Å². The van der Waals surface area contributed by atoms with Crippen molar-refractivity contribution in [1.29, 1.82) is 0 Å². The summed E-state index contributed by atoms with van der Waals surface area (Å²) in [6.45, 7) is 2.63. The van der Waals surface area contributed by atoms with Crippen LogP contribution >= 0.6 is 0 Å². The Bertz CT molecular complexity index is 1460. The summed E-state index contributed by atoms with van der Waals surface area (Å²) in [5.74, 6) is -0.682. The number of rotatable bonds is 6. The van der Waals surface area contributed by atoms with E-state index in [0.717, 1.165) is 16.7 Å². The lowest BCUT2D eigenvalue weighted by atomic mass is 9.82. The largest absolute Gasteiger partial charge is 0.453 e. The Kier molecular flexibility index (Phi) is 7.91. The Labute approximate surface area is 238 Å². The topological polar surface area (TPSA) is 126 Å². The number of anilines is 2. The zero-order chi connectivity index (χ0) is 29.0. The minimum Gasteiger partial charge on any atom is -0.453 e. The van der Waals surface area contributed by atoms with Gasteiger partial charge in [-0.05, 0) is 61.7 Å². The van der Waals surface area contributed by atoms with Crippen molar-refractivity contribution in [3.63, 3.8) is 0 Å². The van der Waals surface area contributed by atoms with Gasteiger partial charge in [-0.1, -0.05) is 42.0 Å². The third-order valence-electron chi connectivity index (χ3n) is 7.42. The predicted molar refractivity (Wildman–Crippen MR) is 153 cm³/mol. The molecule has 10 nitrogen and oxygen atoms in total. The van der Waals surface area contributed by atoms with Crippen LogP contribution in [0.3, 0.4) is 0 Å². The number of aryl methyl sites for hydroxylation is 1. The molecule has 2 aliphatic rings. The fourth-order valence-electron chi connectivity index (χ4n) is 5.41. The van der Waals surface area contributed by atoms with Gasteiger partial charge < -0.3 is 19.7 Å². The van der Waals surface area contributed by atoms with Gasteiger partial charge in [-0.15, -0.1) is 0 Å². The average molecular weight is 557 g/mol. The standard InChI is InChI=1S/C31H32N4O6/c1-20-9-14-25-24(17-20)31(41-30(39)34-25)15-6-16-35(19-31)28(37)26(18-21-7-4-3-5-8-21)33-27(36)22-10-12-23(13-11-22)32-29(38)40-2/h3-5,7-14,17,26H,6,15-16,18-19H2,1-2H3,(H,32,38)(H,33,36)(H,34,39)/t26-,31-/m0/s1. The second kappa shape index (κ2) is 11.7. The van der Waals surface area contributed by atoms with Crippen LogP contribution < -0.4 is 16.0 Å². The van der Waals surface area contributed by atoms with Crippen LogP contribution in [-0.2, 0) is 26.3 Å². The first-order chi connectivity index (χ1) is 19.8. The zero-order valence-electron chi connectivity index (χ0n) is 22.9. The molecule has 2 heterocycles. The number of fused-ring (bicyclic) bond motifs is 2. The maximum absolute atomic E-state index is 14.1. The Morgan fingerprint density at radius 3 is 2.56 bits per heavy atom. The summed E-state index contributed by atoms with van der Waals surface area (Å²) < 4.78 is 10.5. The molecule has 5 rings (SSSR count). The maximum atomic E-state index is 14.1. The highest BCUT2D eigenvalue weighted by Gasteiger charge is 2.47. The highest BCUT2D eigenvalue weighted by Crippen LogP contribution is 2.42. The second-order valence-electron chi connectivity index (χ2n) is 10.3. The molecule has 10 heteroatoms. The summed E-state index contributed by atoms with van der Waals surface area (Å²) in [7, 11) is 1.26. The molecule has 3 aromatic rings. The Morgan fingerprint density at radius 1 is 1.07 bits per heavy atom. The minimum atomic E-state index is -0.971. The summed E-state index contributed by atoms with van der Waals surface area (Å²) in [5, 5.41) is 8.23. The van der Waals surface area contributed by atoms with Gasteiger partial charge in [-0.3, -0.25) is 20.2 Å². The molecule has 0 aliphatic carbocycles. The fraction of sp³-hybridized carbons (Fsp3) is 0.290. The Balaban J connectivity index is 1.38. The van der Waals surface area contributed by atoms with E-state index in [1.54, 1.807) is 29.2 Å². The maximum Gasteiger partial charge on any atom is 0.412 e. The molecular formula is C31H32N4O6. The quantitative estimate of drug-likeness (QED) is 0.408. The summed E-state index contributed by atoms with van der Waals surface area (Å²) in [6, 6.07) is 20.7. The van der Waals surface area contributed by atoms with Crippen LogP contribution in [0.15, 0.2) is 72.8 Å². The molecule has 2 atom stereocenters. The molecule has 1 saturated heterocycles. The normalized spacial score (nSPS) is 18.4. The number of nitrogens with one attached hydrogen (secondary N) is 3. The molecule has 41 heavy (non-hydrogen) atoms. The van der Waals surface area contributed by atoms with E-state index < -0.39 is 29.7 Å². The number of ether oxygens (including phenoxy) is 2. The van der Waals surface area contributed by atoms with E-state index in [-0.39, 0.29) is 18.9 Å². The number of carbonyl (C=O) groups excluding carboxylic acids is 4. The lowest BCUT2D eigenvalue weighted by molar-refractivity contribution is -0.141. The molecule has 4 amide bonds. The Morgan fingerprint density at radius 2 is 1.83 bits per heavy atom. The van der Waals surface area contributed by atoms with Gasteiger partial charge in [0.15, 0.2) is 5.60 Å². The van der Waals surface area contributed by atoms with Crippen molar-refractivity contribution in [3.05, 3.63) is 95.1 Å². The lowest BCUT2D eigenvalue weighted by Crippen LogP contribution is -2.57. The number of hydrogen-bond acceptors (Lipinski definition) is 6. The lowest BCUT2D eigenvalue weighted by Gasteiger charge is -2.45. The number of piperidine rings is 1. The number of carbonyl (C=O) groups is 4. The van der Waals surface area contributed by atoms with E-state index in [9.17, 15) is 19.2 Å². The summed E-state index contributed by atoms with van der Waals surface area (Å²) in [6.07, 6.45) is 0.339. The first-order valence-electron chi connectivity index (χ1n) is 13.5. The predicted octanol–water partition coefficient (Wildman–Crippen LogP) is 4.59. The number of likely N-dealkylation sites (tertiary alicyclic amines) is 1. The first kappa shape index (κ1) is 27.7. The van der Waals surface area contributed by atoms with Gasteiger partial charge in [0.25, 0.3) is 5.91 Å². The molecule has 0 radical (unpaired) electrons. The van der Waals surface area contributed by atoms with Crippen LogP contribution in [0.5, 0.6) is 0 Å². The molecule has 0 aromatic heterocycles. The van der Waals surface area contributed by atoms with E-state index >= 15 is 0 Å². The first-order valence-corrected chi connectivity index (χ1v) is 13.5. The molecule has 0 unspecified atom stereocenters. The van der Waals surface area contributed by atoms with Crippen molar-refractivity contribution in [2.45, 2.75) is 37.8 Å². The molecule has 0 saturated carbocycles. The molecule has 2 aliphatic heterocycles. The zero-order valence-corrected chi connectivity index (χ0v) is 22.9. The van der Waals surface area contributed by atoms with Gasteiger partial charge in [0.2, 0.25) is 5.91 Å². The van der Waals surface area contributed by atoms with Crippen LogP contribution in [0.25, 0.3) is 0 Å². The van der Waals surface area contributed by atoms with Gasteiger partial charge in [-0.25, -0.2) is 9.59 Å². The number of hydrogen-bond donors (Lipinski definition) is 3. The van der Waals surface area contributed by atoms with Gasteiger partial charge >= 0.3 is 12.2 Å².